The van der Waals surface area contributed by atoms with Crippen molar-refractivity contribution in [2.45, 2.75) is 32.1 Å². The highest BCUT2D eigenvalue weighted by Crippen LogP contribution is 2.33. The summed E-state index contributed by atoms with van der Waals surface area (Å²) in [7, 11) is 1.19. The van der Waals surface area contributed by atoms with E-state index in [1.807, 2.05) is 30.3 Å². The number of carbonyl (C=O) groups is 2. The molecule has 1 aromatic heterocycles. The SMILES string of the molecule is COC(=O)[C@H](Cc1ncn(Cc2ccccc2)c1-c1cccc(C(F)(F)F)c1)NC(C)=O. The van der Waals surface area contributed by atoms with Gasteiger partial charge in [0.2, 0.25) is 5.91 Å². The van der Waals surface area contributed by atoms with E-state index in [4.69, 9.17) is 4.74 Å². The standard InChI is InChI=1S/C23H22F3N3O3/c1-15(30)28-20(22(31)32-2)12-19-21(17-9-6-10-18(11-17)23(24,25)26)29(14-27-19)13-16-7-4-3-5-8-16/h3-11,14,20H,12-13H2,1-2H3,(H,28,30)/t20-/m0/s1. The van der Waals surface area contributed by atoms with Crippen LogP contribution in [0.25, 0.3) is 11.3 Å². The second-order valence-electron chi connectivity index (χ2n) is 7.21. The van der Waals surface area contributed by atoms with Crippen LogP contribution in [0.2, 0.25) is 0 Å². The first kappa shape index (κ1) is 23.1. The molecule has 3 aromatic rings. The summed E-state index contributed by atoms with van der Waals surface area (Å²) in [6.45, 7) is 1.63. The second-order valence-corrected chi connectivity index (χ2v) is 7.21. The van der Waals surface area contributed by atoms with Gasteiger partial charge in [0.15, 0.2) is 0 Å². The minimum absolute atomic E-state index is 0.0420. The number of benzene rings is 2. The molecular formula is C23H22F3N3O3. The Bertz CT molecular complexity index is 1090. The number of nitrogens with zero attached hydrogens (tertiary/aromatic N) is 2. The molecule has 2 aromatic carbocycles. The molecule has 0 radical (unpaired) electrons. The fourth-order valence-corrected chi connectivity index (χ4v) is 3.42. The van der Waals surface area contributed by atoms with Crippen molar-refractivity contribution in [1.82, 2.24) is 14.9 Å². The lowest BCUT2D eigenvalue weighted by Crippen LogP contribution is -2.42. The molecule has 9 heteroatoms. The summed E-state index contributed by atoms with van der Waals surface area (Å²) in [4.78, 5) is 28.1. The Balaban J connectivity index is 2.08. The number of methoxy groups -OCH3 is 1. The number of alkyl halides is 3. The topological polar surface area (TPSA) is 73.2 Å². The first-order valence-corrected chi connectivity index (χ1v) is 9.79. The molecule has 0 spiro atoms. The lowest BCUT2D eigenvalue weighted by molar-refractivity contribution is -0.144. The number of hydrogen-bond donors (Lipinski definition) is 1. The number of hydrogen-bond acceptors (Lipinski definition) is 4. The number of nitrogens with one attached hydrogen (secondary N) is 1. The van der Waals surface area contributed by atoms with Crippen LogP contribution in [0.1, 0.15) is 23.7 Å². The van der Waals surface area contributed by atoms with E-state index in [0.717, 1.165) is 17.7 Å². The van der Waals surface area contributed by atoms with Crippen LogP contribution in [0, 0.1) is 0 Å². The molecule has 0 fully saturated rings. The van der Waals surface area contributed by atoms with E-state index in [-0.39, 0.29) is 6.42 Å². The molecule has 1 N–H and O–H groups in total. The maximum atomic E-state index is 13.3. The van der Waals surface area contributed by atoms with E-state index in [9.17, 15) is 22.8 Å². The largest absolute Gasteiger partial charge is 0.467 e. The lowest BCUT2D eigenvalue weighted by Gasteiger charge is -2.17. The van der Waals surface area contributed by atoms with E-state index in [1.54, 1.807) is 10.6 Å². The van der Waals surface area contributed by atoms with Crippen LogP contribution >= 0.6 is 0 Å². The number of esters is 1. The molecule has 6 nitrogen and oxygen atoms in total. The number of amides is 1. The van der Waals surface area contributed by atoms with Crippen LogP contribution in [0.15, 0.2) is 60.9 Å². The quantitative estimate of drug-likeness (QED) is 0.561. The van der Waals surface area contributed by atoms with Gasteiger partial charge in [-0.15, -0.1) is 0 Å². The zero-order chi connectivity index (χ0) is 23.3. The monoisotopic (exact) mass is 445 g/mol. The molecule has 0 saturated carbocycles. The Hall–Kier alpha value is -3.62. The summed E-state index contributed by atoms with van der Waals surface area (Å²) in [6.07, 6.45) is -3.04. The van der Waals surface area contributed by atoms with Crippen molar-refractivity contribution in [2.24, 2.45) is 0 Å². The molecule has 1 atom stereocenters. The Morgan fingerprint density at radius 3 is 2.47 bits per heavy atom. The Morgan fingerprint density at radius 2 is 1.84 bits per heavy atom. The number of halogens is 3. The van der Waals surface area contributed by atoms with Crippen molar-refractivity contribution in [3.05, 3.63) is 77.7 Å². The van der Waals surface area contributed by atoms with Gasteiger partial charge in [-0.05, 0) is 17.7 Å². The zero-order valence-corrected chi connectivity index (χ0v) is 17.5. The highest BCUT2D eigenvalue weighted by atomic mass is 19.4. The van der Waals surface area contributed by atoms with E-state index in [1.165, 1.54) is 26.4 Å². The van der Waals surface area contributed by atoms with Crippen molar-refractivity contribution in [2.75, 3.05) is 7.11 Å². The number of aromatic nitrogens is 2. The fourth-order valence-electron chi connectivity index (χ4n) is 3.42. The maximum Gasteiger partial charge on any atom is 0.416 e. The molecule has 0 aliphatic rings. The third-order valence-electron chi connectivity index (χ3n) is 4.83. The summed E-state index contributed by atoms with van der Waals surface area (Å²) in [6, 6.07) is 13.3. The zero-order valence-electron chi connectivity index (χ0n) is 17.5. The van der Waals surface area contributed by atoms with Crippen molar-refractivity contribution >= 4 is 11.9 Å². The van der Waals surface area contributed by atoms with Gasteiger partial charge in [-0.1, -0.05) is 42.5 Å². The number of rotatable bonds is 7. The molecule has 3 rings (SSSR count). The third-order valence-corrected chi connectivity index (χ3v) is 4.83. The van der Waals surface area contributed by atoms with Gasteiger partial charge in [-0.2, -0.15) is 13.2 Å². The average Bonchev–Trinajstić information content (AvgIpc) is 3.14. The van der Waals surface area contributed by atoms with Gasteiger partial charge < -0.3 is 14.6 Å². The molecule has 0 aliphatic carbocycles. The third kappa shape index (κ3) is 5.54. The molecule has 0 bridgehead atoms. The van der Waals surface area contributed by atoms with Crippen molar-refractivity contribution in [3.63, 3.8) is 0 Å². The number of ether oxygens (including phenoxy) is 1. The van der Waals surface area contributed by atoms with Crippen LogP contribution in [0.4, 0.5) is 13.2 Å². The smallest absolute Gasteiger partial charge is 0.416 e. The van der Waals surface area contributed by atoms with E-state index in [2.05, 4.69) is 10.3 Å². The van der Waals surface area contributed by atoms with Crippen molar-refractivity contribution in [1.29, 1.82) is 0 Å². The van der Waals surface area contributed by atoms with Gasteiger partial charge in [0.05, 0.1) is 30.4 Å². The van der Waals surface area contributed by atoms with E-state index >= 15 is 0 Å². The summed E-state index contributed by atoms with van der Waals surface area (Å²) in [5.41, 5.74) is 1.23. The number of imidazole rings is 1. The predicted octanol–water partition coefficient (Wildman–Crippen LogP) is 3.84. The van der Waals surface area contributed by atoms with Crippen LogP contribution in [0.5, 0.6) is 0 Å². The molecule has 168 valence electrons. The minimum atomic E-state index is -4.51. The molecule has 0 saturated heterocycles. The van der Waals surface area contributed by atoms with Crippen LogP contribution in [0.3, 0.4) is 0 Å². The summed E-state index contributed by atoms with van der Waals surface area (Å²) >= 11 is 0. The Kier molecular flexibility index (Phi) is 6.97. The maximum absolute atomic E-state index is 13.3. The molecule has 1 heterocycles. The molecule has 1 amide bonds. The Morgan fingerprint density at radius 1 is 1.12 bits per heavy atom. The molecule has 0 unspecified atom stereocenters. The van der Waals surface area contributed by atoms with E-state index in [0.29, 0.717) is 23.5 Å². The number of carbonyl (C=O) groups excluding carboxylic acids is 2. The molecule has 0 aliphatic heterocycles. The van der Waals surface area contributed by atoms with Gasteiger partial charge >= 0.3 is 12.1 Å². The van der Waals surface area contributed by atoms with Crippen LogP contribution < -0.4 is 5.32 Å². The normalized spacial score (nSPS) is 12.3. The summed E-state index contributed by atoms with van der Waals surface area (Å²) < 4.78 is 46.5. The van der Waals surface area contributed by atoms with Gasteiger partial charge in [0.25, 0.3) is 0 Å². The average molecular weight is 445 g/mol. The summed E-state index contributed by atoms with van der Waals surface area (Å²) in [5, 5.41) is 2.51. The highest BCUT2D eigenvalue weighted by molar-refractivity contribution is 5.83. The first-order chi connectivity index (χ1) is 15.2. The summed E-state index contributed by atoms with van der Waals surface area (Å²) in [5.74, 6) is -1.11. The highest BCUT2D eigenvalue weighted by Gasteiger charge is 2.31. The minimum Gasteiger partial charge on any atom is -0.467 e. The van der Waals surface area contributed by atoms with Gasteiger partial charge in [-0.3, -0.25) is 4.79 Å². The van der Waals surface area contributed by atoms with E-state index < -0.39 is 29.7 Å². The van der Waals surface area contributed by atoms with Crippen LogP contribution in [-0.4, -0.2) is 34.6 Å². The van der Waals surface area contributed by atoms with Crippen molar-refractivity contribution < 1.29 is 27.5 Å². The van der Waals surface area contributed by atoms with Gasteiger partial charge in [0, 0.05) is 25.5 Å². The predicted molar refractivity (Wildman–Crippen MR) is 112 cm³/mol. The molecular weight excluding hydrogens is 423 g/mol. The van der Waals surface area contributed by atoms with Gasteiger partial charge in [0.1, 0.15) is 6.04 Å². The fraction of sp³-hybridized carbons (Fsp3) is 0.261. The van der Waals surface area contributed by atoms with Gasteiger partial charge in [-0.25, -0.2) is 9.78 Å². The first-order valence-electron chi connectivity index (χ1n) is 9.79. The van der Waals surface area contributed by atoms with Crippen LogP contribution in [-0.2, 0) is 33.5 Å². The second kappa shape index (κ2) is 9.67. The Labute approximate surface area is 183 Å². The molecule has 32 heavy (non-hydrogen) atoms. The van der Waals surface area contributed by atoms with Crippen molar-refractivity contribution in [3.8, 4) is 11.3 Å². The lowest BCUT2D eigenvalue weighted by atomic mass is 10.0.